The van der Waals surface area contributed by atoms with Gasteiger partial charge in [-0.15, -0.1) is 0 Å². The number of methoxy groups -OCH3 is 1. The van der Waals surface area contributed by atoms with Gasteiger partial charge in [-0.05, 0) is 24.6 Å². The van der Waals surface area contributed by atoms with Crippen LogP contribution in [-0.2, 0) is 9.84 Å². The summed E-state index contributed by atoms with van der Waals surface area (Å²) in [4.78, 5) is 0. The second kappa shape index (κ2) is 6.77. The molecule has 108 valence electrons. The van der Waals surface area contributed by atoms with Crippen molar-refractivity contribution in [3.8, 4) is 11.5 Å². The predicted molar refractivity (Wildman–Crippen MR) is 75.4 cm³/mol. The second-order valence-electron chi connectivity index (χ2n) is 4.34. The Balaban J connectivity index is 2.61. The first kappa shape index (κ1) is 15.8. The first-order chi connectivity index (χ1) is 8.89. The summed E-state index contributed by atoms with van der Waals surface area (Å²) in [7, 11) is -1.45. The van der Waals surface area contributed by atoms with Gasteiger partial charge >= 0.3 is 0 Å². The SMILES string of the molecule is CCS(=O)(=O)CCNC(C)c1ccc(O)c(OC)c1. The number of hydrogen-bond acceptors (Lipinski definition) is 5. The first-order valence-corrected chi connectivity index (χ1v) is 8.02. The number of aromatic hydroxyl groups is 1. The van der Waals surface area contributed by atoms with Crippen molar-refractivity contribution in [2.45, 2.75) is 19.9 Å². The summed E-state index contributed by atoms with van der Waals surface area (Å²) in [5.41, 5.74) is 0.934. The van der Waals surface area contributed by atoms with E-state index >= 15 is 0 Å². The number of nitrogens with one attached hydrogen (secondary N) is 1. The zero-order valence-electron chi connectivity index (χ0n) is 11.5. The van der Waals surface area contributed by atoms with Gasteiger partial charge in [0.1, 0.15) is 0 Å². The molecule has 0 amide bonds. The molecule has 0 aliphatic rings. The highest BCUT2D eigenvalue weighted by Gasteiger charge is 2.11. The van der Waals surface area contributed by atoms with Crippen LogP contribution in [0.3, 0.4) is 0 Å². The van der Waals surface area contributed by atoms with E-state index in [1.165, 1.54) is 7.11 Å². The minimum Gasteiger partial charge on any atom is -0.504 e. The molecular weight excluding hydrogens is 266 g/mol. The van der Waals surface area contributed by atoms with Crippen LogP contribution in [0.1, 0.15) is 25.5 Å². The highest BCUT2D eigenvalue weighted by atomic mass is 32.2. The molecule has 0 aliphatic carbocycles. The lowest BCUT2D eigenvalue weighted by Crippen LogP contribution is -2.26. The molecule has 1 atom stereocenters. The van der Waals surface area contributed by atoms with Crippen molar-refractivity contribution in [2.24, 2.45) is 0 Å². The number of ether oxygens (including phenoxy) is 1. The largest absolute Gasteiger partial charge is 0.504 e. The molecular formula is C13H21NO4S. The lowest BCUT2D eigenvalue weighted by atomic mass is 10.1. The molecule has 0 spiro atoms. The van der Waals surface area contributed by atoms with Crippen LogP contribution in [0.5, 0.6) is 11.5 Å². The van der Waals surface area contributed by atoms with Gasteiger partial charge in [0.05, 0.1) is 12.9 Å². The third-order valence-electron chi connectivity index (χ3n) is 3.01. The number of rotatable bonds is 7. The maximum Gasteiger partial charge on any atom is 0.160 e. The Morgan fingerprint density at radius 1 is 1.42 bits per heavy atom. The molecule has 0 saturated heterocycles. The molecule has 0 fully saturated rings. The highest BCUT2D eigenvalue weighted by molar-refractivity contribution is 7.91. The minimum absolute atomic E-state index is 0.0124. The Kier molecular flexibility index (Phi) is 5.62. The number of phenols is 1. The molecule has 0 aliphatic heterocycles. The summed E-state index contributed by atoms with van der Waals surface area (Å²) in [5.74, 6) is 0.790. The van der Waals surface area contributed by atoms with Crippen LogP contribution < -0.4 is 10.1 Å². The summed E-state index contributed by atoms with van der Waals surface area (Å²) in [5, 5.41) is 12.7. The molecule has 6 heteroatoms. The molecule has 1 rings (SSSR count). The minimum atomic E-state index is -2.94. The lowest BCUT2D eigenvalue weighted by Gasteiger charge is -2.15. The van der Waals surface area contributed by atoms with E-state index in [0.29, 0.717) is 12.3 Å². The van der Waals surface area contributed by atoms with E-state index < -0.39 is 9.84 Å². The molecule has 0 heterocycles. The third kappa shape index (κ3) is 4.72. The van der Waals surface area contributed by atoms with Crippen molar-refractivity contribution < 1.29 is 18.3 Å². The van der Waals surface area contributed by atoms with E-state index in [0.717, 1.165) is 5.56 Å². The fraction of sp³-hybridized carbons (Fsp3) is 0.538. The maximum absolute atomic E-state index is 11.4. The molecule has 0 bridgehead atoms. The smallest absolute Gasteiger partial charge is 0.160 e. The van der Waals surface area contributed by atoms with E-state index in [1.54, 1.807) is 25.1 Å². The van der Waals surface area contributed by atoms with Crippen molar-refractivity contribution in [1.29, 1.82) is 0 Å². The van der Waals surface area contributed by atoms with E-state index in [9.17, 15) is 13.5 Å². The van der Waals surface area contributed by atoms with Crippen LogP contribution in [0.4, 0.5) is 0 Å². The van der Waals surface area contributed by atoms with Gasteiger partial charge in [-0.3, -0.25) is 0 Å². The van der Waals surface area contributed by atoms with Gasteiger partial charge in [0.2, 0.25) is 0 Å². The van der Waals surface area contributed by atoms with E-state index in [2.05, 4.69) is 5.32 Å². The van der Waals surface area contributed by atoms with Crippen molar-refractivity contribution in [1.82, 2.24) is 5.32 Å². The Morgan fingerprint density at radius 3 is 2.68 bits per heavy atom. The third-order valence-corrected chi connectivity index (χ3v) is 4.71. The molecule has 1 unspecified atom stereocenters. The van der Waals surface area contributed by atoms with E-state index in [-0.39, 0.29) is 23.3 Å². The zero-order valence-corrected chi connectivity index (χ0v) is 12.3. The predicted octanol–water partition coefficient (Wildman–Crippen LogP) is 1.49. The van der Waals surface area contributed by atoms with E-state index in [1.807, 2.05) is 6.92 Å². The Morgan fingerprint density at radius 2 is 2.11 bits per heavy atom. The van der Waals surface area contributed by atoms with Crippen molar-refractivity contribution in [3.63, 3.8) is 0 Å². The first-order valence-electron chi connectivity index (χ1n) is 6.20. The van der Waals surface area contributed by atoms with Crippen LogP contribution in [0, 0.1) is 0 Å². The summed E-state index contributed by atoms with van der Waals surface area (Å²) in [6.45, 7) is 3.98. The normalized spacial score (nSPS) is 13.2. The average molecular weight is 287 g/mol. The lowest BCUT2D eigenvalue weighted by molar-refractivity contribution is 0.372. The Hall–Kier alpha value is -1.27. The molecule has 2 N–H and O–H groups in total. The van der Waals surface area contributed by atoms with Gasteiger partial charge < -0.3 is 15.2 Å². The van der Waals surface area contributed by atoms with Gasteiger partial charge in [-0.25, -0.2) is 8.42 Å². The average Bonchev–Trinajstić information content (AvgIpc) is 2.39. The van der Waals surface area contributed by atoms with Crippen LogP contribution >= 0.6 is 0 Å². The molecule has 19 heavy (non-hydrogen) atoms. The number of sulfone groups is 1. The number of hydrogen-bond donors (Lipinski definition) is 2. The van der Waals surface area contributed by atoms with E-state index in [4.69, 9.17) is 4.74 Å². The monoisotopic (exact) mass is 287 g/mol. The Labute approximate surface area is 114 Å². The molecule has 0 saturated carbocycles. The summed E-state index contributed by atoms with van der Waals surface area (Å²) in [6.07, 6.45) is 0. The molecule has 0 radical (unpaired) electrons. The van der Waals surface area contributed by atoms with Crippen molar-refractivity contribution >= 4 is 9.84 Å². The summed E-state index contributed by atoms with van der Waals surface area (Å²) >= 11 is 0. The highest BCUT2D eigenvalue weighted by Crippen LogP contribution is 2.28. The fourth-order valence-corrected chi connectivity index (χ4v) is 2.37. The van der Waals surface area contributed by atoms with Gasteiger partial charge in [-0.1, -0.05) is 13.0 Å². The Bertz CT molecular complexity index is 513. The van der Waals surface area contributed by atoms with Crippen LogP contribution in [-0.4, -0.2) is 38.7 Å². The zero-order chi connectivity index (χ0) is 14.5. The van der Waals surface area contributed by atoms with Crippen LogP contribution in [0.2, 0.25) is 0 Å². The summed E-state index contributed by atoms with van der Waals surface area (Å²) < 4.78 is 27.8. The van der Waals surface area contributed by atoms with Crippen molar-refractivity contribution in [2.75, 3.05) is 25.2 Å². The van der Waals surface area contributed by atoms with Gasteiger partial charge in [0.15, 0.2) is 21.3 Å². The van der Waals surface area contributed by atoms with Gasteiger partial charge in [0.25, 0.3) is 0 Å². The molecule has 5 nitrogen and oxygen atoms in total. The van der Waals surface area contributed by atoms with Crippen molar-refractivity contribution in [3.05, 3.63) is 23.8 Å². The van der Waals surface area contributed by atoms with Crippen LogP contribution in [0.15, 0.2) is 18.2 Å². The number of benzene rings is 1. The maximum atomic E-state index is 11.4. The number of phenolic OH excluding ortho intramolecular Hbond substituents is 1. The molecule has 0 aromatic heterocycles. The van der Waals surface area contributed by atoms with Crippen LogP contribution in [0.25, 0.3) is 0 Å². The van der Waals surface area contributed by atoms with Gasteiger partial charge in [0, 0.05) is 18.3 Å². The topological polar surface area (TPSA) is 75.6 Å². The molecule has 1 aromatic carbocycles. The molecule has 1 aromatic rings. The quantitative estimate of drug-likeness (QED) is 0.794. The fourth-order valence-electron chi connectivity index (χ4n) is 1.66. The summed E-state index contributed by atoms with van der Waals surface area (Å²) in [6, 6.07) is 5.07. The second-order valence-corrected chi connectivity index (χ2v) is 6.82. The standard InChI is InChI=1S/C13H21NO4S/c1-4-19(16,17)8-7-14-10(2)11-5-6-12(15)13(9-11)18-3/h5-6,9-10,14-15H,4,7-8H2,1-3H3. The van der Waals surface area contributed by atoms with Gasteiger partial charge in [-0.2, -0.15) is 0 Å².